The molecule has 0 aromatic carbocycles. The number of nitrogens with zero attached hydrogens (tertiary/aromatic N) is 1. The lowest BCUT2D eigenvalue weighted by Crippen LogP contribution is -2.61. The highest BCUT2D eigenvalue weighted by Gasteiger charge is 2.59. The van der Waals surface area contributed by atoms with E-state index in [4.69, 9.17) is 17.5 Å². The Balaban J connectivity index is 3.67. The first-order chi connectivity index (χ1) is 14.1. The molecule has 10 nitrogen and oxygen atoms in total. The summed E-state index contributed by atoms with van der Waals surface area (Å²) in [6, 6.07) is 0. The lowest BCUT2D eigenvalue weighted by Gasteiger charge is -2.44. The molecule has 32 heavy (non-hydrogen) atoms. The predicted octanol–water partition coefficient (Wildman–Crippen LogP) is 2.31. The molecule has 1 saturated heterocycles. The third kappa shape index (κ3) is 8.90. The summed E-state index contributed by atoms with van der Waals surface area (Å²) in [7, 11) is -9.90. The van der Waals surface area contributed by atoms with Gasteiger partial charge in [0.15, 0.2) is 14.8 Å². The third-order valence-electron chi connectivity index (χ3n) is 4.90. The Kier molecular flexibility index (Phi) is 9.03. The van der Waals surface area contributed by atoms with Crippen molar-refractivity contribution in [3.63, 3.8) is 0 Å². The van der Waals surface area contributed by atoms with Crippen molar-refractivity contribution in [1.29, 1.82) is 0 Å². The molecule has 1 aliphatic heterocycles. The molecule has 1 amide bonds. The van der Waals surface area contributed by atoms with Crippen LogP contribution in [0.3, 0.4) is 0 Å². The largest absolute Gasteiger partial charge is 0.444 e. The lowest BCUT2D eigenvalue weighted by molar-refractivity contribution is -0.136. The Morgan fingerprint density at radius 1 is 1.06 bits per heavy atom. The zero-order valence-electron chi connectivity index (χ0n) is 20.8. The molecule has 190 valence electrons. The fourth-order valence-corrected chi connectivity index (χ4v) is 5.75. The van der Waals surface area contributed by atoms with Crippen LogP contribution in [0.4, 0.5) is 4.79 Å². The standard InChI is InChI=1S/C19H39NO9S2Si/c1-17(2,3)14-11-19(29-32(9)10,20(12-14)16(21)27-18(4,5)6)15(28-31(8,24)25)13-26-30(7,22)23/h14-15,32H,11-13H2,1-10H3/t14-,15?,19-/m0/s1. The van der Waals surface area contributed by atoms with Gasteiger partial charge in [0.2, 0.25) is 0 Å². The average Bonchev–Trinajstić information content (AvgIpc) is 2.87. The van der Waals surface area contributed by atoms with E-state index in [-0.39, 0.29) is 24.3 Å². The van der Waals surface area contributed by atoms with E-state index in [1.54, 1.807) is 20.8 Å². The molecule has 0 spiro atoms. The number of hydrogen-bond donors (Lipinski definition) is 0. The van der Waals surface area contributed by atoms with Crippen molar-refractivity contribution in [3.8, 4) is 0 Å². The van der Waals surface area contributed by atoms with E-state index in [0.717, 1.165) is 12.5 Å². The fourth-order valence-electron chi connectivity index (χ4n) is 3.56. The molecule has 1 heterocycles. The smallest absolute Gasteiger partial charge is 0.412 e. The maximum absolute atomic E-state index is 13.3. The van der Waals surface area contributed by atoms with Gasteiger partial charge in [-0.3, -0.25) is 13.3 Å². The number of rotatable bonds is 8. The van der Waals surface area contributed by atoms with Crippen LogP contribution >= 0.6 is 0 Å². The summed E-state index contributed by atoms with van der Waals surface area (Å²) in [6.07, 6.45) is -0.168. The highest BCUT2D eigenvalue weighted by molar-refractivity contribution is 7.86. The number of ether oxygens (including phenoxy) is 1. The molecule has 0 aromatic heterocycles. The molecule has 0 N–H and O–H groups in total. The lowest BCUT2D eigenvalue weighted by atomic mass is 9.78. The van der Waals surface area contributed by atoms with Crippen molar-refractivity contribution >= 4 is 35.4 Å². The summed E-state index contributed by atoms with van der Waals surface area (Å²) in [5.74, 6) is -0.105. The van der Waals surface area contributed by atoms with Crippen molar-refractivity contribution in [1.82, 2.24) is 4.90 Å². The van der Waals surface area contributed by atoms with Gasteiger partial charge in [-0.15, -0.1) is 0 Å². The normalized spacial score (nSPS) is 24.1. The fraction of sp³-hybridized carbons (Fsp3) is 0.947. The molecule has 1 rings (SSSR count). The van der Waals surface area contributed by atoms with E-state index < -0.39 is 59.4 Å². The van der Waals surface area contributed by atoms with Crippen LogP contribution < -0.4 is 0 Å². The molecule has 0 saturated carbocycles. The number of likely N-dealkylation sites (tertiary alicyclic amines) is 1. The first-order valence-corrected chi connectivity index (χ1v) is 16.9. The molecular weight excluding hydrogens is 478 g/mol. The van der Waals surface area contributed by atoms with Gasteiger partial charge in [0.25, 0.3) is 20.2 Å². The third-order valence-corrected chi connectivity index (χ3v) is 6.93. The maximum Gasteiger partial charge on any atom is 0.412 e. The SMILES string of the molecule is C[SiH](C)O[C@]1(C(COS(C)(=O)=O)OS(C)(=O)=O)C[C@H](C(C)(C)C)CN1C(=O)OC(C)(C)C. The minimum Gasteiger partial charge on any atom is -0.444 e. The monoisotopic (exact) mass is 517 g/mol. The molecule has 1 unspecified atom stereocenters. The summed E-state index contributed by atoms with van der Waals surface area (Å²) in [5, 5.41) is 0. The van der Waals surface area contributed by atoms with Gasteiger partial charge in [-0.05, 0) is 45.2 Å². The number of amides is 1. The molecular formula is C19H39NO9S2Si. The predicted molar refractivity (Wildman–Crippen MR) is 124 cm³/mol. The van der Waals surface area contributed by atoms with Gasteiger partial charge in [0.1, 0.15) is 11.7 Å². The van der Waals surface area contributed by atoms with Gasteiger partial charge in [-0.2, -0.15) is 16.8 Å². The van der Waals surface area contributed by atoms with Crippen molar-refractivity contribution in [3.05, 3.63) is 0 Å². The Morgan fingerprint density at radius 2 is 1.59 bits per heavy atom. The minimum absolute atomic E-state index is 0.105. The maximum atomic E-state index is 13.3. The quantitative estimate of drug-likeness (QED) is 0.352. The van der Waals surface area contributed by atoms with Gasteiger partial charge in [0, 0.05) is 13.0 Å². The van der Waals surface area contributed by atoms with Crippen molar-refractivity contribution in [2.45, 2.75) is 78.5 Å². The molecule has 13 heteroatoms. The van der Waals surface area contributed by atoms with Crippen LogP contribution in [0.25, 0.3) is 0 Å². The summed E-state index contributed by atoms with van der Waals surface area (Å²) < 4.78 is 69.9. The van der Waals surface area contributed by atoms with E-state index in [1.807, 2.05) is 33.9 Å². The summed E-state index contributed by atoms with van der Waals surface area (Å²) in [6.45, 7) is 14.5. The molecule has 3 atom stereocenters. The van der Waals surface area contributed by atoms with E-state index in [1.165, 1.54) is 4.90 Å². The average molecular weight is 518 g/mol. The molecule has 0 bridgehead atoms. The second-order valence-electron chi connectivity index (χ2n) is 10.6. The Bertz CT molecular complexity index is 875. The highest BCUT2D eigenvalue weighted by atomic mass is 32.2. The van der Waals surface area contributed by atoms with Gasteiger partial charge in [0.05, 0.1) is 19.1 Å². The summed E-state index contributed by atoms with van der Waals surface area (Å²) in [5.41, 5.74) is -2.65. The number of carbonyl (C=O) groups excluding carboxylic acids is 1. The van der Waals surface area contributed by atoms with Gasteiger partial charge in [-0.25, -0.2) is 4.79 Å². The first-order valence-electron chi connectivity index (χ1n) is 10.5. The van der Waals surface area contributed by atoms with Crippen molar-refractivity contribution in [2.75, 3.05) is 25.7 Å². The van der Waals surface area contributed by atoms with Crippen LogP contribution in [0.15, 0.2) is 0 Å². The molecule has 0 aromatic rings. The van der Waals surface area contributed by atoms with Gasteiger partial charge in [-0.1, -0.05) is 20.8 Å². The van der Waals surface area contributed by atoms with Crippen LogP contribution in [0.5, 0.6) is 0 Å². The second kappa shape index (κ2) is 9.86. The Morgan fingerprint density at radius 3 is 1.97 bits per heavy atom. The molecule has 1 fully saturated rings. The van der Waals surface area contributed by atoms with Crippen LogP contribution in [-0.4, -0.2) is 80.0 Å². The van der Waals surface area contributed by atoms with E-state index in [9.17, 15) is 21.6 Å². The van der Waals surface area contributed by atoms with Crippen LogP contribution in [0, 0.1) is 11.3 Å². The molecule has 1 aliphatic rings. The van der Waals surface area contributed by atoms with Crippen LogP contribution in [0.1, 0.15) is 48.0 Å². The number of carbonyl (C=O) groups is 1. The summed E-state index contributed by atoms with van der Waals surface area (Å²) in [4.78, 5) is 14.6. The van der Waals surface area contributed by atoms with E-state index >= 15 is 0 Å². The van der Waals surface area contributed by atoms with E-state index in [2.05, 4.69) is 0 Å². The zero-order valence-corrected chi connectivity index (χ0v) is 23.6. The molecule has 0 radical (unpaired) electrons. The Hall–Kier alpha value is -0.733. The van der Waals surface area contributed by atoms with Crippen LogP contribution in [-0.2, 0) is 37.8 Å². The van der Waals surface area contributed by atoms with Gasteiger partial charge < -0.3 is 9.16 Å². The molecule has 0 aliphatic carbocycles. The minimum atomic E-state index is -4.06. The highest BCUT2D eigenvalue weighted by Crippen LogP contribution is 2.46. The summed E-state index contributed by atoms with van der Waals surface area (Å²) >= 11 is 0. The van der Waals surface area contributed by atoms with E-state index in [0.29, 0.717) is 0 Å². The Labute approximate surface area is 194 Å². The van der Waals surface area contributed by atoms with Crippen LogP contribution in [0.2, 0.25) is 13.1 Å². The first kappa shape index (κ1) is 29.3. The number of hydrogen-bond acceptors (Lipinski definition) is 9. The second-order valence-corrected chi connectivity index (χ2v) is 16.2. The van der Waals surface area contributed by atoms with Gasteiger partial charge >= 0.3 is 6.09 Å². The van der Waals surface area contributed by atoms with Crippen molar-refractivity contribution in [2.24, 2.45) is 11.3 Å². The van der Waals surface area contributed by atoms with Crippen molar-refractivity contribution < 1.29 is 39.2 Å². The topological polar surface area (TPSA) is 126 Å². The zero-order chi connectivity index (χ0) is 25.3.